The Labute approximate surface area is 353 Å². The maximum absolute atomic E-state index is 14.7. The number of nitrogen functional groups attached to an aromatic ring is 1. The number of fused-ring (bicyclic) bond motifs is 2. The molecule has 0 amide bonds. The summed E-state index contributed by atoms with van der Waals surface area (Å²) in [4.78, 5) is 19.3. The van der Waals surface area contributed by atoms with Gasteiger partial charge in [-0.2, -0.15) is 10.5 Å². The molecule has 0 unspecified atom stereocenters. The molecule has 0 atom stereocenters. The van der Waals surface area contributed by atoms with E-state index in [0.29, 0.717) is 47.9 Å². The Morgan fingerprint density at radius 3 is 1.69 bits per heavy atom. The van der Waals surface area contributed by atoms with Gasteiger partial charge in [0.2, 0.25) is 11.6 Å². The van der Waals surface area contributed by atoms with E-state index in [0.717, 1.165) is 62.4 Å². The molecule has 0 saturated carbocycles. The summed E-state index contributed by atoms with van der Waals surface area (Å²) in [6.45, 7) is 12.4. The van der Waals surface area contributed by atoms with Crippen LogP contribution in [0.3, 0.4) is 0 Å². The van der Waals surface area contributed by atoms with Gasteiger partial charge in [-0.25, -0.2) is 8.78 Å². The van der Waals surface area contributed by atoms with Crippen LogP contribution in [0, 0.1) is 48.1 Å². The topological polar surface area (TPSA) is 165 Å². The largest absolute Gasteiger partial charge is 0.461 e. The third kappa shape index (κ3) is 10.5. The highest BCUT2D eigenvalue weighted by molar-refractivity contribution is 5.78. The number of ether oxygens (including phenoxy) is 4. The van der Waals surface area contributed by atoms with Crippen LogP contribution >= 0.6 is 0 Å². The number of nitrogens with zero attached hydrogens (tertiary/aromatic N) is 4. The van der Waals surface area contributed by atoms with Crippen molar-refractivity contribution in [3.8, 4) is 45.9 Å². The van der Waals surface area contributed by atoms with Gasteiger partial charge in [0.15, 0.2) is 12.0 Å². The third-order valence-electron chi connectivity index (χ3n) is 9.84. The Morgan fingerprint density at radius 2 is 1.18 bits per heavy atom. The second-order valence-corrected chi connectivity index (χ2v) is 15.1. The summed E-state index contributed by atoms with van der Waals surface area (Å²) in [5, 5.41) is 20.7. The molecule has 310 valence electrons. The van der Waals surface area contributed by atoms with E-state index < -0.39 is 17.4 Å². The number of nitrogens with two attached hydrogens (primary N) is 1. The van der Waals surface area contributed by atoms with Crippen molar-refractivity contribution in [2.75, 3.05) is 11.1 Å². The minimum Gasteiger partial charge on any atom is -0.461 e. The minimum atomic E-state index is -0.696. The van der Waals surface area contributed by atoms with Crippen molar-refractivity contribution in [1.82, 2.24) is 9.97 Å². The zero-order valence-electron chi connectivity index (χ0n) is 34.6. The highest BCUT2D eigenvalue weighted by Crippen LogP contribution is 2.36. The number of aryl methyl sites for hydroxylation is 2. The van der Waals surface area contributed by atoms with Gasteiger partial charge in [0, 0.05) is 63.3 Å². The van der Waals surface area contributed by atoms with E-state index >= 15 is 0 Å². The lowest BCUT2D eigenvalue weighted by Crippen LogP contribution is -2.36. The molecule has 0 saturated heterocycles. The van der Waals surface area contributed by atoms with Crippen molar-refractivity contribution in [1.29, 1.82) is 10.5 Å². The fraction of sp³-hybridized carbons (Fsp3) is 0.229. The average Bonchev–Trinajstić information content (AvgIpc) is 3.25. The van der Waals surface area contributed by atoms with Crippen LogP contribution in [0.25, 0.3) is 22.3 Å². The van der Waals surface area contributed by atoms with Gasteiger partial charge in [-0.3, -0.25) is 14.8 Å². The first-order valence-corrected chi connectivity index (χ1v) is 19.3. The molecule has 3 N–H and O–H groups in total. The summed E-state index contributed by atoms with van der Waals surface area (Å²) < 4.78 is 50.8. The van der Waals surface area contributed by atoms with Crippen molar-refractivity contribution < 1.29 is 32.5 Å². The number of pyridine rings is 2. The van der Waals surface area contributed by atoms with E-state index in [-0.39, 0.29) is 11.5 Å². The van der Waals surface area contributed by atoms with Crippen LogP contribution in [0.15, 0.2) is 97.3 Å². The molecule has 6 aromatic rings. The molecule has 13 heteroatoms. The minimum absolute atomic E-state index is 0.136. The fourth-order valence-corrected chi connectivity index (χ4v) is 6.41. The Kier molecular flexibility index (Phi) is 13.1. The molecular weight excluding hydrogens is 779 g/mol. The molecule has 2 aromatic heterocycles. The van der Waals surface area contributed by atoms with E-state index in [1.165, 1.54) is 18.2 Å². The van der Waals surface area contributed by atoms with Gasteiger partial charge in [0.25, 0.3) is 0 Å². The summed E-state index contributed by atoms with van der Waals surface area (Å²) in [5.41, 5.74) is 15.1. The molecule has 2 aliphatic rings. The van der Waals surface area contributed by atoms with Crippen LogP contribution in [-0.2, 0) is 29.2 Å². The van der Waals surface area contributed by atoms with Crippen molar-refractivity contribution in [3.05, 3.63) is 154 Å². The first-order valence-electron chi connectivity index (χ1n) is 19.3. The number of hydrogen-bond donors (Lipinski definition) is 2. The van der Waals surface area contributed by atoms with Gasteiger partial charge in [0.05, 0.1) is 59.2 Å². The number of nitriles is 2. The number of halogens is 2. The summed E-state index contributed by atoms with van der Waals surface area (Å²) in [5.74, 6) is -0.709. The molecule has 0 radical (unpaired) electrons. The number of carbonyl (C=O) groups excluding carboxylic acids is 1. The molecule has 0 bridgehead atoms. The lowest BCUT2D eigenvalue weighted by Gasteiger charge is -2.34. The quantitative estimate of drug-likeness (QED) is 0.121. The third-order valence-corrected chi connectivity index (χ3v) is 9.84. The number of carbonyl (C=O) groups is 1. The maximum atomic E-state index is 14.7. The zero-order chi connectivity index (χ0) is 43.9. The molecule has 2 aliphatic heterocycles. The summed E-state index contributed by atoms with van der Waals surface area (Å²) in [6, 6.07) is 27.9. The number of nitrogens with one attached hydrogen (secondary N) is 1. The number of benzene rings is 4. The van der Waals surface area contributed by atoms with Gasteiger partial charge >= 0.3 is 0 Å². The Balaban J connectivity index is 0.000000169. The monoisotopic (exact) mass is 822 g/mol. The van der Waals surface area contributed by atoms with Crippen LogP contribution in [0.4, 0.5) is 20.2 Å². The Morgan fingerprint density at radius 1 is 0.705 bits per heavy atom. The van der Waals surface area contributed by atoms with E-state index in [2.05, 4.69) is 21.4 Å². The number of aldehydes is 1. The van der Waals surface area contributed by atoms with Crippen LogP contribution in [-0.4, -0.2) is 27.8 Å². The second kappa shape index (κ2) is 18.4. The standard InChI is InChI=1S/C24H22FN3O2.C13H9FN2.C11H13NO3/c1-15-23-20(14-29-24(2,3)30-23)19(12-27-15)13-28-22-9-8-18(10-21(22)25)17-6-4-16(11-26)5-7-17;14-12-7-11(5-6-13(12)16)10-3-1-9(8-15)2-4-10;1-7-10-9(8(5-13)4-12-7)6-14-11(2,3)15-10/h4-10,12,28H,13-14H2,1-3H3;1-7H,16H2;4-5H,6H2,1-3H3. The van der Waals surface area contributed by atoms with Crippen molar-refractivity contribution in [3.63, 3.8) is 0 Å². The first kappa shape index (κ1) is 43.4. The van der Waals surface area contributed by atoms with Crippen molar-refractivity contribution in [2.45, 2.75) is 72.9 Å². The van der Waals surface area contributed by atoms with Crippen molar-refractivity contribution >= 4 is 17.7 Å². The van der Waals surface area contributed by atoms with E-state index in [4.69, 9.17) is 35.2 Å². The smallest absolute Gasteiger partial charge is 0.205 e. The predicted octanol–water partition coefficient (Wildman–Crippen LogP) is 10.1. The van der Waals surface area contributed by atoms with Crippen LogP contribution < -0.4 is 20.5 Å². The highest BCUT2D eigenvalue weighted by Gasteiger charge is 2.31. The van der Waals surface area contributed by atoms with Gasteiger partial charge < -0.3 is 30.0 Å². The maximum Gasteiger partial charge on any atom is 0.205 e. The average molecular weight is 823 g/mol. The summed E-state index contributed by atoms with van der Waals surface area (Å²) in [6.07, 6.45) is 4.09. The lowest BCUT2D eigenvalue weighted by atomic mass is 10.0. The molecule has 61 heavy (non-hydrogen) atoms. The number of hydrogen-bond acceptors (Lipinski definition) is 11. The zero-order valence-corrected chi connectivity index (χ0v) is 34.6. The molecule has 11 nitrogen and oxygen atoms in total. The SMILES string of the molecule is Cc1ncc(C=O)c2c1OC(C)(C)OC2.Cc1ncc(CNc2ccc(-c3ccc(C#N)cc3)cc2F)c2c1OC(C)(C)OC2.N#Cc1ccc(-c2ccc(N)c(F)c2)cc1. The number of anilines is 2. The van der Waals surface area contributed by atoms with Crippen LogP contribution in [0.5, 0.6) is 11.5 Å². The van der Waals surface area contributed by atoms with Crippen molar-refractivity contribution in [2.24, 2.45) is 0 Å². The molecule has 0 spiro atoms. The molecule has 8 rings (SSSR count). The van der Waals surface area contributed by atoms with Gasteiger partial charge in [-0.05, 0) is 90.2 Å². The van der Waals surface area contributed by atoms with Gasteiger partial charge in [0.1, 0.15) is 17.4 Å². The Bertz CT molecular complexity index is 2650. The van der Waals surface area contributed by atoms with Crippen LogP contribution in [0.1, 0.15) is 77.3 Å². The second-order valence-electron chi connectivity index (χ2n) is 15.1. The predicted molar refractivity (Wildman–Crippen MR) is 227 cm³/mol. The highest BCUT2D eigenvalue weighted by atomic mass is 19.1. The van der Waals surface area contributed by atoms with Gasteiger partial charge in [-0.15, -0.1) is 0 Å². The molecule has 4 aromatic carbocycles. The summed E-state index contributed by atoms with van der Waals surface area (Å²) in [7, 11) is 0. The van der Waals surface area contributed by atoms with Crippen LogP contribution in [0.2, 0.25) is 0 Å². The van der Waals surface area contributed by atoms with Gasteiger partial charge in [-0.1, -0.05) is 36.4 Å². The first-order chi connectivity index (χ1) is 29.1. The van der Waals surface area contributed by atoms with E-state index in [1.54, 1.807) is 60.9 Å². The number of aromatic nitrogens is 2. The fourth-order valence-electron chi connectivity index (χ4n) is 6.41. The lowest BCUT2D eigenvalue weighted by molar-refractivity contribution is -0.181. The van der Waals surface area contributed by atoms with E-state index in [9.17, 15) is 13.6 Å². The normalized spacial score (nSPS) is 14.0. The molecule has 0 fully saturated rings. The molecule has 4 heterocycles. The molecule has 0 aliphatic carbocycles. The Hall–Kier alpha value is -7.19. The molecular formula is C48H44F2N6O5. The number of rotatable bonds is 6. The summed E-state index contributed by atoms with van der Waals surface area (Å²) >= 11 is 0. The van der Waals surface area contributed by atoms with E-state index in [1.807, 2.05) is 65.8 Å².